The Morgan fingerprint density at radius 2 is 1.81 bits per heavy atom. The van der Waals surface area contributed by atoms with Gasteiger partial charge in [0, 0.05) is 24.5 Å². The molecule has 2 heteroatoms. The molecule has 1 aliphatic rings. The molecule has 1 aromatic heterocycles. The van der Waals surface area contributed by atoms with Crippen molar-refractivity contribution in [3.63, 3.8) is 0 Å². The summed E-state index contributed by atoms with van der Waals surface area (Å²) in [5, 5.41) is 3.71. The van der Waals surface area contributed by atoms with Gasteiger partial charge in [-0.05, 0) is 50.3 Å². The van der Waals surface area contributed by atoms with Crippen molar-refractivity contribution < 1.29 is 0 Å². The summed E-state index contributed by atoms with van der Waals surface area (Å²) in [6.45, 7) is 4.56. The van der Waals surface area contributed by atoms with Crippen LogP contribution in [-0.2, 0) is 0 Å². The summed E-state index contributed by atoms with van der Waals surface area (Å²) in [6, 6.07) is 5.25. The summed E-state index contributed by atoms with van der Waals surface area (Å²) >= 11 is 0. The topological polar surface area (TPSA) is 24.9 Å². The Kier molecular flexibility index (Phi) is 3.94. The molecule has 1 saturated carbocycles. The normalized spacial score (nSPS) is 20.9. The van der Waals surface area contributed by atoms with E-state index in [0.29, 0.717) is 12.1 Å². The minimum atomic E-state index is 0.429. The molecule has 0 saturated heterocycles. The highest BCUT2D eigenvalue weighted by molar-refractivity contribution is 5.14. The van der Waals surface area contributed by atoms with Gasteiger partial charge in [-0.15, -0.1) is 0 Å². The molecule has 2 nitrogen and oxygen atoms in total. The molecule has 1 N–H and O–H groups in total. The molecule has 1 aromatic rings. The van der Waals surface area contributed by atoms with Crippen LogP contribution in [0.3, 0.4) is 0 Å². The molecule has 0 spiro atoms. The molecule has 88 valence electrons. The largest absolute Gasteiger partial charge is 0.307 e. The lowest BCUT2D eigenvalue weighted by molar-refractivity contribution is 0.352. The zero-order chi connectivity index (χ0) is 11.4. The second-order valence-electron chi connectivity index (χ2n) is 5.00. The van der Waals surface area contributed by atoms with Crippen LogP contribution in [0.15, 0.2) is 24.5 Å². The lowest BCUT2D eigenvalue weighted by atomic mass is 9.98. The fourth-order valence-corrected chi connectivity index (χ4v) is 2.74. The predicted molar refractivity (Wildman–Crippen MR) is 67.2 cm³/mol. The van der Waals surface area contributed by atoms with Crippen LogP contribution in [-0.4, -0.2) is 11.0 Å². The average Bonchev–Trinajstić information content (AvgIpc) is 2.83. The molecular formula is C14H22N2. The average molecular weight is 218 g/mol. The van der Waals surface area contributed by atoms with E-state index in [4.69, 9.17) is 0 Å². The molecule has 2 rings (SSSR count). The zero-order valence-electron chi connectivity index (χ0n) is 10.3. The van der Waals surface area contributed by atoms with Gasteiger partial charge in [-0.3, -0.25) is 4.98 Å². The summed E-state index contributed by atoms with van der Waals surface area (Å²) in [6.07, 6.45) is 9.37. The Labute approximate surface area is 98.5 Å². The van der Waals surface area contributed by atoms with Crippen LogP contribution in [0.2, 0.25) is 0 Å². The summed E-state index contributed by atoms with van der Waals surface area (Å²) in [5.41, 5.74) is 1.33. The van der Waals surface area contributed by atoms with Crippen molar-refractivity contribution in [1.82, 2.24) is 10.3 Å². The summed E-state index contributed by atoms with van der Waals surface area (Å²) in [4.78, 5) is 4.06. The Hall–Kier alpha value is -0.890. The van der Waals surface area contributed by atoms with E-state index in [1.807, 2.05) is 12.4 Å². The molecule has 1 heterocycles. The van der Waals surface area contributed by atoms with Crippen LogP contribution in [0.4, 0.5) is 0 Å². The third-order valence-corrected chi connectivity index (χ3v) is 3.83. The van der Waals surface area contributed by atoms with Gasteiger partial charge in [0.15, 0.2) is 0 Å². The Bertz CT molecular complexity index is 304. The lowest BCUT2D eigenvalue weighted by Crippen LogP contribution is -2.34. The van der Waals surface area contributed by atoms with Crippen molar-refractivity contribution in [2.75, 3.05) is 0 Å². The van der Waals surface area contributed by atoms with Gasteiger partial charge in [0.25, 0.3) is 0 Å². The number of nitrogens with zero attached hydrogens (tertiary/aromatic N) is 1. The first-order valence-electron chi connectivity index (χ1n) is 6.43. The molecule has 0 radical (unpaired) electrons. The number of pyridine rings is 1. The lowest BCUT2D eigenvalue weighted by Gasteiger charge is -2.25. The maximum Gasteiger partial charge on any atom is 0.0295 e. The van der Waals surface area contributed by atoms with Crippen LogP contribution in [0, 0.1) is 5.92 Å². The van der Waals surface area contributed by atoms with Gasteiger partial charge in [-0.2, -0.15) is 0 Å². The van der Waals surface area contributed by atoms with E-state index >= 15 is 0 Å². The van der Waals surface area contributed by atoms with Gasteiger partial charge in [0.05, 0.1) is 0 Å². The molecule has 0 aliphatic heterocycles. The Morgan fingerprint density at radius 1 is 1.19 bits per heavy atom. The molecule has 16 heavy (non-hydrogen) atoms. The first-order chi connectivity index (χ1) is 7.77. The fraction of sp³-hybridized carbons (Fsp3) is 0.643. The smallest absolute Gasteiger partial charge is 0.0295 e. The van der Waals surface area contributed by atoms with Crippen LogP contribution < -0.4 is 5.32 Å². The van der Waals surface area contributed by atoms with Crippen LogP contribution in [0.5, 0.6) is 0 Å². The second-order valence-corrected chi connectivity index (χ2v) is 5.00. The van der Waals surface area contributed by atoms with Crippen molar-refractivity contribution in [1.29, 1.82) is 0 Å². The number of rotatable bonds is 4. The fourth-order valence-electron chi connectivity index (χ4n) is 2.74. The van der Waals surface area contributed by atoms with Gasteiger partial charge < -0.3 is 5.32 Å². The highest BCUT2D eigenvalue weighted by Crippen LogP contribution is 2.28. The first-order valence-corrected chi connectivity index (χ1v) is 6.43. The van der Waals surface area contributed by atoms with E-state index in [1.165, 1.54) is 31.2 Å². The minimum Gasteiger partial charge on any atom is -0.307 e. The van der Waals surface area contributed by atoms with Crippen molar-refractivity contribution in [2.24, 2.45) is 5.92 Å². The maximum atomic E-state index is 4.06. The van der Waals surface area contributed by atoms with Gasteiger partial charge in [-0.1, -0.05) is 12.8 Å². The van der Waals surface area contributed by atoms with Crippen molar-refractivity contribution in [3.8, 4) is 0 Å². The third kappa shape index (κ3) is 2.82. The molecular weight excluding hydrogens is 196 g/mol. The monoisotopic (exact) mass is 218 g/mol. The van der Waals surface area contributed by atoms with Crippen LogP contribution in [0.25, 0.3) is 0 Å². The van der Waals surface area contributed by atoms with E-state index in [0.717, 1.165) is 5.92 Å². The van der Waals surface area contributed by atoms with Gasteiger partial charge >= 0.3 is 0 Å². The van der Waals surface area contributed by atoms with Crippen molar-refractivity contribution >= 4 is 0 Å². The molecule has 2 atom stereocenters. The van der Waals surface area contributed by atoms with Crippen molar-refractivity contribution in [2.45, 2.75) is 51.6 Å². The number of aromatic nitrogens is 1. The van der Waals surface area contributed by atoms with Gasteiger partial charge in [0.2, 0.25) is 0 Å². The minimum absolute atomic E-state index is 0.429. The SMILES string of the molecule is CC(N[C@@H](C)C1CCCC1)c1ccncc1. The van der Waals surface area contributed by atoms with Crippen LogP contribution in [0.1, 0.15) is 51.1 Å². The molecule has 0 aromatic carbocycles. The molecule has 1 aliphatic carbocycles. The predicted octanol–water partition coefficient (Wildman–Crippen LogP) is 3.31. The van der Waals surface area contributed by atoms with E-state index < -0.39 is 0 Å². The zero-order valence-corrected chi connectivity index (χ0v) is 10.3. The van der Waals surface area contributed by atoms with Crippen LogP contribution >= 0.6 is 0 Å². The number of hydrogen-bond donors (Lipinski definition) is 1. The van der Waals surface area contributed by atoms with Crippen molar-refractivity contribution in [3.05, 3.63) is 30.1 Å². The van der Waals surface area contributed by atoms with E-state index in [-0.39, 0.29) is 0 Å². The Morgan fingerprint density at radius 3 is 2.44 bits per heavy atom. The van der Waals surface area contributed by atoms with Gasteiger partial charge in [0.1, 0.15) is 0 Å². The maximum absolute atomic E-state index is 4.06. The highest BCUT2D eigenvalue weighted by atomic mass is 14.9. The Balaban J connectivity index is 1.89. The first kappa shape index (κ1) is 11.6. The van der Waals surface area contributed by atoms with E-state index in [2.05, 4.69) is 36.3 Å². The molecule has 1 unspecified atom stereocenters. The third-order valence-electron chi connectivity index (χ3n) is 3.83. The summed E-state index contributed by atoms with van der Waals surface area (Å²) in [7, 11) is 0. The second kappa shape index (κ2) is 5.44. The number of nitrogens with one attached hydrogen (secondary N) is 1. The standard InChI is InChI=1S/C14H22N2/c1-11(13-5-3-4-6-13)16-12(2)14-7-9-15-10-8-14/h7-13,16H,3-6H2,1-2H3/t11-,12?/m0/s1. The van der Waals surface area contributed by atoms with E-state index in [1.54, 1.807) is 0 Å². The molecule has 0 bridgehead atoms. The summed E-state index contributed by atoms with van der Waals surface area (Å²) in [5.74, 6) is 0.879. The number of hydrogen-bond acceptors (Lipinski definition) is 2. The highest BCUT2D eigenvalue weighted by Gasteiger charge is 2.22. The quantitative estimate of drug-likeness (QED) is 0.838. The molecule has 1 fully saturated rings. The molecule has 0 amide bonds. The van der Waals surface area contributed by atoms with E-state index in [9.17, 15) is 0 Å². The summed E-state index contributed by atoms with van der Waals surface area (Å²) < 4.78 is 0. The van der Waals surface area contributed by atoms with Gasteiger partial charge in [-0.25, -0.2) is 0 Å².